The number of benzene rings is 4. The largest absolute Gasteiger partial charge is 0.368 e. The van der Waals surface area contributed by atoms with Crippen LogP contribution in [0.2, 0.25) is 0 Å². The monoisotopic (exact) mass is 419 g/mol. The number of nitrogens with one attached hydrogen (secondary N) is 1. The molecule has 5 nitrogen and oxygen atoms in total. The van der Waals surface area contributed by atoms with E-state index < -0.39 is 11.9 Å². The van der Waals surface area contributed by atoms with Gasteiger partial charge in [-0.2, -0.15) is 0 Å². The predicted molar refractivity (Wildman–Crippen MR) is 127 cm³/mol. The van der Waals surface area contributed by atoms with Gasteiger partial charge in [-0.15, -0.1) is 0 Å². The molecule has 0 unspecified atom stereocenters. The Morgan fingerprint density at radius 2 is 1.38 bits per heavy atom. The lowest BCUT2D eigenvalue weighted by molar-refractivity contribution is -0.119. The van der Waals surface area contributed by atoms with E-state index in [9.17, 15) is 9.59 Å². The van der Waals surface area contributed by atoms with E-state index >= 15 is 0 Å². The van der Waals surface area contributed by atoms with Crippen LogP contribution >= 0.6 is 0 Å². The highest BCUT2D eigenvalue weighted by molar-refractivity contribution is 6.16. The van der Waals surface area contributed by atoms with Gasteiger partial charge in [0.15, 0.2) is 0 Å². The Morgan fingerprint density at radius 1 is 0.781 bits per heavy atom. The second kappa shape index (κ2) is 8.12. The number of nitrogens with two attached hydrogens (primary N) is 1. The van der Waals surface area contributed by atoms with Gasteiger partial charge in [0.1, 0.15) is 6.04 Å². The third-order valence-electron chi connectivity index (χ3n) is 5.72. The molecular weight excluding hydrogens is 398 g/mol. The van der Waals surface area contributed by atoms with Crippen molar-refractivity contribution in [1.29, 1.82) is 0 Å². The SMILES string of the molecule is NC(=O)[C@@H](Cc1ccc2ccccc2c1)NC(=O)c1c2ccccc2nc2ccccc12. The van der Waals surface area contributed by atoms with Gasteiger partial charge in [0.05, 0.1) is 16.6 Å². The zero-order valence-electron chi connectivity index (χ0n) is 17.3. The molecule has 1 atom stereocenters. The van der Waals surface area contributed by atoms with Gasteiger partial charge in [0.25, 0.3) is 5.91 Å². The molecular formula is C27H21N3O2. The van der Waals surface area contributed by atoms with Crippen LogP contribution in [0.5, 0.6) is 0 Å². The van der Waals surface area contributed by atoms with Gasteiger partial charge in [-0.05, 0) is 28.5 Å². The molecule has 5 heteroatoms. The number of carbonyl (C=O) groups excluding carboxylic acids is 2. The number of rotatable bonds is 5. The normalized spacial score (nSPS) is 12.1. The Balaban J connectivity index is 1.51. The summed E-state index contributed by atoms with van der Waals surface area (Å²) in [7, 11) is 0. The van der Waals surface area contributed by atoms with Gasteiger partial charge >= 0.3 is 0 Å². The zero-order valence-corrected chi connectivity index (χ0v) is 17.3. The first-order valence-electron chi connectivity index (χ1n) is 10.5. The highest BCUT2D eigenvalue weighted by Gasteiger charge is 2.23. The van der Waals surface area contributed by atoms with Crippen LogP contribution in [0.15, 0.2) is 91.0 Å². The number of hydrogen-bond acceptors (Lipinski definition) is 3. The Labute approximate surface area is 184 Å². The minimum Gasteiger partial charge on any atom is -0.368 e. The molecule has 0 aliphatic heterocycles. The lowest BCUT2D eigenvalue weighted by atomic mass is 9.99. The summed E-state index contributed by atoms with van der Waals surface area (Å²) in [5, 5.41) is 6.53. The molecule has 0 radical (unpaired) electrons. The van der Waals surface area contributed by atoms with Crippen molar-refractivity contribution in [3.8, 4) is 0 Å². The molecule has 1 heterocycles. The number of pyridine rings is 1. The topological polar surface area (TPSA) is 85.1 Å². The van der Waals surface area contributed by atoms with Crippen LogP contribution in [0.4, 0.5) is 0 Å². The number of amides is 2. The maximum Gasteiger partial charge on any atom is 0.253 e. The van der Waals surface area contributed by atoms with Crippen molar-refractivity contribution in [3.05, 3.63) is 102 Å². The maximum atomic E-state index is 13.4. The van der Waals surface area contributed by atoms with Gasteiger partial charge in [0.2, 0.25) is 5.91 Å². The molecule has 0 spiro atoms. The summed E-state index contributed by atoms with van der Waals surface area (Å²) in [6.07, 6.45) is 0.312. The molecule has 0 fully saturated rings. The molecule has 2 amide bonds. The Morgan fingerprint density at radius 3 is 2.03 bits per heavy atom. The average molecular weight is 419 g/mol. The number of para-hydroxylation sites is 2. The number of fused-ring (bicyclic) bond motifs is 3. The molecule has 5 rings (SSSR count). The van der Waals surface area contributed by atoms with E-state index in [1.54, 1.807) is 0 Å². The molecule has 32 heavy (non-hydrogen) atoms. The highest BCUT2D eigenvalue weighted by atomic mass is 16.2. The second-order valence-corrected chi connectivity index (χ2v) is 7.84. The minimum absolute atomic E-state index is 0.312. The van der Waals surface area contributed by atoms with Gasteiger partial charge < -0.3 is 11.1 Å². The van der Waals surface area contributed by atoms with Crippen molar-refractivity contribution < 1.29 is 9.59 Å². The van der Waals surface area contributed by atoms with E-state index in [4.69, 9.17) is 5.73 Å². The lowest BCUT2D eigenvalue weighted by Crippen LogP contribution is -2.46. The summed E-state index contributed by atoms with van der Waals surface area (Å²) in [6.45, 7) is 0. The van der Waals surface area contributed by atoms with E-state index in [2.05, 4.69) is 10.3 Å². The fourth-order valence-electron chi connectivity index (χ4n) is 4.14. The number of hydrogen-bond donors (Lipinski definition) is 2. The molecule has 4 aromatic carbocycles. The van der Waals surface area contributed by atoms with Crippen LogP contribution in [0.3, 0.4) is 0 Å². The quantitative estimate of drug-likeness (QED) is 0.415. The van der Waals surface area contributed by atoms with E-state index in [0.29, 0.717) is 12.0 Å². The van der Waals surface area contributed by atoms with Gasteiger partial charge in [0, 0.05) is 17.2 Å². The number of nitrogens with zero attached hydrogens (tertiary/aromatic N) is 1. The summed E-state index contributed by atoms with van der Waals surface area (Å²) in [6, 6.07) is 28.2. The van der Waals surface area contributed by atoms with Crippen molar-refractivity contribution in [3.63, 3.8) is 0 Å². The number of carbonyl (C=O) groups is 2. The highest BCUT2D eigenvalue weighted by Crippen LogP contribution is 2.26. The van der Waals surface area contributed by atoms with E-state index in [1.165, 1.54) is 0 Å². The number of primary amides is 1. The number of aromatic nitrogens is 1. The summed E-state index contributed by atoms with van der Waals surface area (Å²) in [5.41, 5.74) is 8.55. The van der Waals surface area contributed by atoms with Crippen LogP contribution in [-0.4, -0.2) is 22.8 Å². The summed E-state index contributed by atoms with van der Waals surface area (Å²) >= 11 is 0. The third-order valence-corrected chi connectivity index (χ3v) is 5.72. The fraction of sp³-hybridized carbons (Fsp3) is 0.0741. The Hall–Kier alpha value is -4.25. The van der Waals surface area contributed by atoms with Gasteiger partial charge in [-0.25, -0.2) is 4.98 Å². The van der Waals surface area contributed by atoms with E-state index in [0.717, 1.165) is 38.1 Å². The summed E-state index contributed by atoms with van der Waals surface area (Å²) in [5.74, 6) is -0.918. The lowest BCUT2D eigenvalue weighted by Gasteiger charge is -2.18. The predicted octanol–water partition coefficient (Wildman–Crippen LogP) is 4.37. The first kappa shape index (κ1) is 19.7. The maximum absolute atomic E-state index is 13.4. The van der Waals surface area contributed by atoms with E-state index in [1.807, 2.05) is 91.0 Å². The third kappa shape index (κ3) is 3.65. The van der Waals surface area contributed by atoms with Crippen LogP contribution in [0.25, 0.3) is 32.6 Å². The van der Waals surface area contributed by atoms with Crippen molar-refractivity contribution in [2.24, 2.45) is 5.73 Å². The van der Waals surface area contributed by atoms with Gasteiger partial charge in [-0.1, -0.05) is 78.9 Å². The minimum atomic E-state index is -0.839. The Kier molecular flexibility index (Phi) is 5.00. The fourth-order valence-corrected chi connectivity index (χ4v) is 4.14. The van der Waals surface area contributed by atoms with Gasteiger partial charge in [-0.3, -0.25) is 9.59 Å². The average Bonchev–Trinajstić information content (AvgIpc) is 2.81. The van der Waals surface area contributed by atoms with Crippen molar-refractivity contribution in [2.45, 2.75) is 12.5 Å². The van der Waals surface area contributed by atoms with Crippen molar-refractivity contribution in [1.82, 2.24) is 10.3 Å². The molecule has 156 valence electrons. The first-order valence-corrected chi connectivity index (χ1v) is 10.5. The molecule has 3 N–H and O–H groups in total. The molecule has 0 bridgehead atoms. The van der Waals surface area contributed by atoms with Crippen LogP contribution in [0, 0.1) is 0 Å². The first-order chi connectivity index (χ1) is 15.6. The molecule has 0 aliphatic rings. The van der Waals surface area contributed by atoms with Crippen LogP contribution in [-0.2, 0) is 11.2 Å². The van der Waals surface area contributed by atoms with Crippen LogP contribution in [0.1, 0.15) is 15.9 Å². The van der Waals surface area contributed by atoms with Crippen LogP contribution < -0.4 is 11.1 Å². The summed E-state index contributed by atoms with van der Waals surface area (Å²) < 4.78 is 0. The van der Waals surface area contributed by atoms with Crippen molar-refractivity contribution >= 4 is 44.4 Å². The zero-order chi connectivity index (χ0) is 22.1. The van der Waals surface area contributed by atoms with Crippen molar-refractivity contribution in [2.75, 3.05) is 0 Å². The Bertz CT molecular complexity index is 1440. The molecule has 0 saturated heterocycles. The summed E-state index contributed by atoms with van der Waals surface area (Å²) in [4.78, 5) is 30.4. The molecule has 0 saturated carbocycles. The second-order valence-electron chi connectivity index (χ2n) is 7.84. The molecule has 0 aliphatic carbocycles. The smallest absolute Gasteiger partial charge is 0.253 e. The standard InChI is InChI=1S/C27H21N3O2/c28-26(31)24(16-17-13-14-18-7-1-2-8-19(18)15-17)30-27(32)25-20-9-3-5-11-22(20)29-23-12-6-4-10-21(23)25/h1-15,24H,16H2,(H2,28,31)(H,30,32)/t24-/m1/s1. The molecule has 5 aromatic rings. The molecule has 1 aromatic heterocycles. The van der Waals surface area contributed by atoms with E-state index in [-0.39, 0.29) is 5.91 Å².